The third-order valence-electron chi connectivity index (χ3n) is 2.28. The van der Waals surface area contributed by atoms with Gasteiger partial charge in [-0.15, -0.1) is 0 Å². The van der Waals surface area contributed by atoms with E-state index in [1.54, 1.807) is 7.11 Å². The van der Waals surface area contributed by atoms with Crippen LogP contribution in [0.25, 0.3) is 0 Å². The van der Waals surface area contributed by atoms with Gasteiger partial charge in [-0.05, 0) is 13.6 Å². The molecule has 1 aliphatic heterocycles. The molecule has 0 unspecified atom stereocenters. The van der Waals surface area contributed by atoms with Crippen LogP contribution in [-0.4, -0.2) is 51.0 Å². The lowest BCUT2D eigenvalue weighted by atomic mass is 9.97. The first kappa shape index (κ1) is 14.6. The number of hydrogen-bond acceptors (Lipinski definition) is 4. The van der Waals surface area contributed by atoms with Gasteiger partial charge in [0.05, 0.1) is 5.60 Å². The number of rotatable bonds is 4. The average molecular weight is 278 g/mol. The van der Waals surface area contributed by atoms with E-state index in [-0.39, 0.29) is 5.60 Å². The van der Waals surface area contributed by atoms with E-state index in [0.717, 1.165) is 19.6 Å². The van der Waals surface area contributed by atoms with Crippen LogP contribution in [0.3, 0.4) is 0 Å². The zero-order valence-electron chi connectivity index (χ0n) is 9.64. The van der Waals surface area contributed by atoms with E-state index in [0.29, 0.717) is 0 Å². The molecular formula is C10H20BrN3O. The summed E-state index contributed by atoms with van der Waals surface area (Å²) < 4.78 is 6.53. The third kappa shape index (κ3) is 4.77. The highest BCUT2D eigenvalue weighted by molar-refractivity contribution is 9.11. The Morgan fingerprint density at radius 1 is 1.67 bits per heavy atom. The first-order chi connectivity index (χ1) is 7.09. The quantitative estimate of drug-likeness (QED) is 0.765. The van der Waals surface area contributed by atoms with Crippen LogP contribution < -0.4 is 5.32 Å². The maximum atomic E-state index is 5.50. The number of methoxy groups -OCH3 is 1. The molecule has 0 atom stereocenters. The number of nitrogens with one attached hydrogen (secondary N) is 2. The summed E-state index contributed by atoms with van der Waals surface area (Å²) in [6, 6.07) is 0. The SMILES string of the molecule is C=N.CN/C=C(/Br)CN1CC(C)(OC)C1. The molecule has 2 N–H and O–H groups in total. The minimum Gasteiger partial charge on any atom is -0.393 e. The van der Waals surface area contributed by atoms with E-state index in [2.05, 4.69) is 39.8 Å². The number of hydrogen-bond donors (Lipinski definition) is 2. The van der Waals surface area contributed by atoms with Gasteiger partial charge < -0.3 is 15.5 Å². The minimum atomic E-state index is 0.0763. The molecule has 0 saturated carbocycles. The molecule has 1 rings (SSSR count). The van der Waals surface area contributed by atoms with Crippen molar-refractivity contribution in [2.45, 2.75) is 12.5 Å². The molecule has 0 aromatic carbocycles. The highest BCUT2D eigenvalue weighted by Crippen LogP contribution is 2.25. The molecule has 88 valence electrons. The Bertz CT molecular complexity index is 215. The van der Waals surface area contributed by atoms with Crippen LogP contribution in [0.1, 0.15) is 6.92 Å². The number of nitrogens with zero attached hydrogens (tertiary/aromatic N) is 1. The normalized spacial score (nSPS) is 19.9. The van der Waals surface area contributed by atoms with E-state index in [9.17, 15) is 0 Å². The summed E-state index contributed by atoms with van der Waals surface area (Å²) in [6.45, 7) is 7.62. The van der Waals surface area contributed by atoms with Gasteiger partial charge in [0.1, 0.15) is 0 Å². The van der Waals surface area contributed by atoms with E-state index in [1.807, 2.05) is 13.2 Å². The van der Waals surface area contributed by atoms with Crippen molar-refractivity contribution < 1.29 is 4.74 Å². The number of ether oxygens (including phenoxy) is 1. The molecule has 0 bridgehead atoms. The Morgan fingerprint density at radius 3 is 2.60 bits per heavy atom. The van der Waals surface area contributed by atoms with Crippen molar-refractivity contribution in [3.05, 3.63) is 10.7 Å². The van der Waals surface area contributed by atoms with Crippen LogP contribution in [0.15, 0.2) is 10.7 Å². The van der Waals surface area contributed by atoms with Gasteiger partial charge in [0.2, 0.25) is 0 Å². The van der Waals surface area contributed by atoms with Gasteiger partial charge in [-0.2, -0.15) is 0 Å². The van der Waals surface area contributed by atoms with Crippen molar-refractivity contribution in [3.63, 3.8) is 0 Å². The molecule has 1 aliphatic rings. The summed E-state index contributed by atoms with van der Waals surface area (Å²) in [5.74, 6) is 0. The van der Waals surface area contributed by atoms with Crippen LogP contribution in [0, 0.1) is 5.41 Å². The Hall–Kier alpha value is -0.390. The molecule has 0 aliphatic carbocycles. The lowest BCUT2D eigenvalue weighted by Crippen LogP contribution is -2.60. The fourth-order valence-corrected chi connectivity index (χ4v) is 2.14. The van der Waals surface area contributed by atoms with Crippen LogP contribution >= 0.6 is 15.9 Å². The molecule has 1 fully saturated rings. The van der Waals surface area contributed by atoms with Gasteiger partial charge in [0.15, 0.2) is 0 Å². The van der Waals surface area contributed by atoms with Gasteiger partial charge >= 0.3 is 0 Å². The second-order valence-electron chi connectivity index (χ2n) is 3.68. The average Bonchev–Trinajstić information content (AvgIpc) is 2.18. The summed E-state index contributed by atoms with van der Waals surface area (Å²) >= 11 is 3.49. The van der Waals surface area contributed by atoms with Crippen molar-refractivity contribution >= 4 is 22.6 Å². The predicted molar refractivity (Wildman–Crippen MR) is 67.8 cm³/mol. The van der Waals surface area contributed by atoms with Crippen LogP contribution in [0.2, 0.25) is 0 Å². The van der Waals surface area contributed by atoms with Crippen molar-refractivity contribution in [2.24, 2.45) is 0 Å². The zero-order valence-corrected chi connectivity index (χ0v) is 11.2. The maximum absolute atomic E-state index is 5.50. The topological polar surface area (TPSA) is 48.4 Å². The molecule has 0 radical (unpaired) electrons. The molecule has 5 heteroatoms. The molecule has 0 spiro atoms. The van der Waals surface area contributed by atoms with Gasteiger partial charge in [0, 0.05) is 44.5 Å². The Labute approximate surface area is 100 Å². The molecule has 0 amide bonds. The Balaban J connectivity index is 0.000000921. The molecule has 4 nitrogen and oxygen atoms in total. The van der Waals surface area contributed by atoms with E-state index in [4.69, 9.17) is 10.1 Å². The van der Waals surface area contributed by atoms with Crippen molar-refractivity contribution in [1.29, 1.82) is 5.41 Å². The number of likely N-dealkylation sites (tertiary alicyclic amines) is 1. The van der Waals surface area contributed by atoms with E-state index in [1.165, 1.54) is 4.48 Å². The molecule has 0 aromatic rings. The van der Waals surface area contributed by atoms with E-state index < -0.39 is 0 Å². The standard InChI is InChI=1S/C9H17BrN2O.CH3N/c1-9(13-3)6-12(7-9)5-8(10)4-11-2;1-2/h4,11H,5-7H2,1-3H3;2H,1H2/b8-4+;. The molecular weight excluding hydrogens is 258 g/mol. The van der Waals surface area contributed by atoms with Crippen LogP contribution in [0.4, 0.5) is 0 Å². The second-order valence-corrected chi connectivity index (χ2v) is 4.70. The zero-order chi connectivity index (χ0) is 11.9. The highest BCUT2D eigenvalue weighted by Gasteiger charge is 2.38. The lowest BCUT2D eigenvalue weighted by Gasteiger charge is -2.46. The maximum Gasteiger partial charge on any atom is 0.0903 e. The lowest BCUT2D eigenvalue weighted by molar-refractivity contribution is -0.106. The predicted octanol–water partition coefficient (Wildman–Crippen LogP) is 1.43. The largest absolute Gasteiger partial charge is 0.393 e. The van der Waals surface area contributed by atoms with Gasteiger partial charge in [-0.25, -0.2) is 0 Å². The van der Waals surface area contributed by atoms with Crippen LogP contribution in [-0.2, 0) is 4.74 Å². The third-order valence-corrected chi connectivity index (χ3v) is 2.76. The first-order valence-corrected chi connectivity index (χ1v) is 5.53. The summed E-state index contributed by atoms with van der Waals surface area (Å²) in [7, 11) is 3.67. The van der Waals surface area contributed by atoms with Crippen LogP contribution in [0.5, 0.6) is 0 Å². The summed E-state index contributed by atoms with van der Waals surface area (Å²) in [5.41, 5.74) is 0.0763. The Morgan fingerprint density at radius 2 is 2.20 bits per heavy atom. The minimum absolute atomic E-state index is 0.0763. The fraction of sp³-hybridized carbons (Fsp3) is 0.700. The monoisotopic (exact) mass is 277 g/mol. The van der Waals surface area contributed by atoms with Crippen molar-refractivity contribution in [1.82, 2.24) is 10.2 Å². The smallest absolute Gasteiger partial charge is 0.0903 e. The summed E-state index contributed by atoms with van der Waals surface area (Å²) in [4.78, 5) is 2.33. The Kier molecular flexibility index (Phi) is 6.80. The van der Waals surface area contributed by atoms with Crippen molar-refractivity contribution in [3.8, 4) is 0 Å². The number of halogens is 1. The van der Waals surface area contributed by atoms with Gasteiger partial charge in [-0.1, -0.05) is 15.9 Å². The summed E-state index contributed by atoms with van der Waals surface area (Å²) in [5, 5.41) is 8.49. The molecule has 1 heterocycles. The second kappa shape index (κ2) is 6.98. The van der Waals surface area contributed by atoms with Gasteiger partial charge in [-0.3, -0.25) is 4.90 Å². The molecule has 1 saturated heterocycles. The summed E-state index contributed by atoms with van der Waals surface area (Å²) in [6.07, 6.45) is 1.96. The molecule has 15 heavy (non-hydrogen) atoms. The first-order valence-electron chi connectivity index (χ1n) is 4.74. The van der Waals surface area contributed by atoms with Crippen molar-refractivity contribution in [2.75, 3.05) is 33.8 Å². The fourth-order valence-electron chi connectivity index (χ4n) is 1.56. The van der Waals surface area contributed by atoms with E-state index >= 15 is 0 Å². The highest BCUT2D eigenvalue weighted by atomic mass is 79.9. The van der Waals surface area contributed by atoms with Gasteiger partial charge in [0.25, 0.3) is 0 Å². The molecule has 0 aromatic heterocycles.